The van der Waals surface area contributed by atoms with Gasteiger partial charge < -0.3 is 9.42 Å². The summed E-state index contributed by atoms with van der Waals surface area (Å²) < 4.78 is 32.9. The molecule has 11 heteroatoms. The molecule has 1 N–H and O–H groups in total. The van der Waals surface area contributed by atoms with E-state index in [1.165, 1.54) is 6.07 Å². The predicted molar refractivity (Wildman–Crippen MR) is 113 cm³/mol. The third-order valence-electron chi connectivity index (χ3n) is 4.72. The molecule has 2 aromatic heterocycles. The highest BCUT2D eigenvalue weighted by Crippen LogP contribution is 2.27. The number of sulfonamides is 1. The minimum atomic E-state index is -3.67. The highest BCUT2D eigenvalue weighted by molar-refractivity contribution is 7.91. The van der Waals surface area contributed by atoms with Crippen LogP contribution in [-0.4, -0.2) is 49.0 Å². The van der Waals surface area contributed by atoms with E-state index < -0.39 is 10.0 Å². The van der Waals surface area contributed by atoms with Crippen molar-refractivity contribution in [1.82, 2.24) is 19.8 Å². The highest BCUT2D eigenvalue weighted by atomic mass is 35.5. The Morgan fingerprint density at radius 1 is 1.23 bits per heavy atom. The lowest BCUT2D eigenvalue weighted by Crippen LogP contribution is -2.27. The first-order chi connectivity index (χ1) is 14.4. The maximum Gasteiger partial charge on any atom is 0.316 e. The zero-order valence-corrected chi connectivity index (χ0v) is 18.3. The van der Waals surface area contributed by atoms with Gasteiger partial charge in [0.25, 0.3) is 0 Å². The first-order valence-corrected chi connectivity index (χ1v) is 12.1. The van der Waals surface area contributed by atoms with Crippen LogP contribution in [0.25, 0.3) is 11.4 Å². The van der Waals surface area contributed by atoms with Crippen molar-refractivity contribution in [2.45, 2.75) is 23.5 Å². The Labute approximate surface area is 182 Å². The number of halogens is 1. The molecule has 0 unspecified atom stereocenters. The van der Waals surface area contributed by atoms with E-state index in [4.69, 9.17) is 16.1 Å². The number of nitrogens with one attached hydrogen (secondary N) is 1. The van der Waals surface area contributed by atoms with Gasteiger partial charge in [-0.3, -0.25) is 4.79 Å². The number of carbonyl (C=O) groups excluding carboxylic acids is 1. The first kappa shape index (κ1) is 21.0. The standard InChI is InChI=1S/C19H19ClN4O4S2/c20-15-5-3-13(4-6-15)7-8-21-30(26,27)16-11-14(12-29-16)17-22-18(28-23-17)19(25)24-9-1-2-10-24/h3-6,11-12,21H,1-2,7-10H2. The van der Waals surface area contributed by atoms with Crippen molar-refractivity contribution in [3.05, 3.63) is 52.2 Å². The van der Waals surface area contributed by atoms with Crippen molar-refractivity contribution in [2.24, 2.45) is 0 Å². The molecule has 8 nitrogen and oxygen atoms in total. The number of likely N-dealkylation sites (tertiary alicyclic amines) is 1. The topological polar surface area (TPSA) is 105 Å². The zero-order valence-electron chi connectivity index (χ0n) is 15.9. The van der Waals surface area contributed by atoms with Crippen LogP contribution in [0.2, 0.25) is 5.02 Å². The molecule has 1 saturated heterocycles. The number of rotatable bonds is 7. The monoisotopic (exact) mass is 466 g/mol. The molecule has 0 spiro atoms. The molecule has 3 aromatic rings. The Morgan fingerprint density at radius 3 is 2.70 bits per heavy atom. The van der Waals surface area contributed by atoms with Crippen molar-refractivity contribution in [1.29, 1.82) is 0 Å². The van der Waals surface area contributed by atoms with E-state index >= 15 is 0 Å². The van der Waals surface area contributed by atoms with Crippen LogP contribution in [0.5, 0.6) is 0 Å². The molecular weight excluding hydrogens is 448 g/mol. The fraction of sp³-hybridized carbons (Fsp3) is 0.316. The second-order valence-corrected chi connectivity index (χ2v) is 10.2. The van der Waals surface area contributed by atoms with E-state index in [0.717, 1.165) is 29.7 Å². The number of aromatic nitrogens is 2. The molecule has 0 bridgehead atoms. The molecule has 0 atom stereocenters. The lowest BCUT2D eigenvalue weighted by atomic mass is 10.2. The van der Waals surface area contributed by atoms with Gasteiger partial charge in [0.05, 0.1) is 0 Å². The maximum absolute atomic E-state index is 12.6. The van der Waals surface area contributed by atoms with Crippen LogP contribution in [-0.2, 0) is 16.4 Å². The molecule has 0 radical (unpaired) electrons. The number of amides is 1. The summed E-state index contributed by atoms with van der Waals surface area (Å²) in [5, 5.41) is 6.09. The normalized spacial score (nSPS) is 14.4. The van der Waals surface area contributed by atoms with Gasteiger partial charge in [-0.1, -0.05) is 28.9 Å². The Kier molecular flexibility index (Phi) is 6.19. The number of nitrogens with zero attached hydrogens (tertiary/aromatic N) is 3. The van der Waals surface area contributed by atoms with E-state index in [1.807, 2.05) is 12.1 Å². The third kappa shape index (κ3) is 4.72. The highest BCUT2D eigenvalue weighted by Gasteiger charge is 2.26. The molecule has 1 fully saturated rings. The second kappa shape index (κ2) is 8.84. The maximum atomic E-state index is 12.6. The van der Waals surface area contributed by atoms with E-state index in [1.54, 1.807) is 22.4 Å². The summed E-state index contributed by atoms with van der Waals surface area (Å²) in [6, 6.07) is 8.73. The molecule has 30 heavy (non-hydrogen) atoms. The molecule has 1 aromatic carbocycles. The van der Waals surface area contributed by atoms with Gasteiger partial charge in [0, 0.05) is 35.6 Å². The van der Waals surface area contributed by atoms with Crippen molar-refractivity contribution >= 4 is 38.9 Å². The van der Waals surface area contributed by atoms with Crippen LogP contribution >= 0.6 is 22.9 Å². The van der Waals surface area contributed by atoms with Crippen LogP contribution in [0.3, 0.4) is 0 Å². The molecule has 4 rings (SSSR count). The van der Waals surface area contributed by atoms with Gasteiger partial charge in [0.1, 0.15) is 4.21 Å². The molecule has 3 heterocycles. The van der Waals surface area contributed by atoms with E-state index in [-0.39, 0.29) is 28.4 Å². The summed E-state index contributed by atoms with van der Waals surface area (Å²) in [7, 11) is -3.67. The van der Waals surface area contributed by atoms with Crippen molar-refractivity contribution in [3.8, 4) is 11.4 Å². The smallest absolute Gasteiger partial charge is 0.316 e. The summed E-state index contributed by atoms with van der Waals surface area (Å²) in [6.45, 7) is 1.62. The minimum Gasteiger partial charge on any atom is -0.334 e. The van der Waals surface area contributed by atoms with E-state index in [9.17, 15) is 13.2 Å². The molecule has 0 aliphatic carbocycles. The lowest BCUT2D eigenvalue weighted by molar-refractivity contribution is 0.0743. The average molecular weight is 467 g/mol. The molecular formula is C19H19ClN4O4S2. The Balaban J connectivity index is 1.40. The van der Waals surface area contributed by atoms with Gasteiger partial charge >= 0.3 is 11.8 Å². The SMILES string of the molecule is O=C(c1nc(-c2csc(S(=O)(=O)NCCc3ccc(Cl)cc3)c2)no1)N1CCCC1. The third-order valence-corrected chi connectivity index (χ3v) is 7.87. The van der Waals surface area contributed by atoms with Gasteiger partial charge in [-0.2, -0.15) is 4.98 Å². The fourth-order valence-electron chi connectivity index (χ4n) is 3.11. The van der Waals surface area contributed by atoms with E-state index in [0.29, 0.717) is 30.1 Å². The molecule has 1 amide bonds. The summed E-state index contributed by atoms with van der Waals surface area (Å²) >= 11 is 6.91. The predicted octanol–water partition coefficient (Wildman–Crippen LogP) is 3.21. The van der Waals surface area contributed by atoms with Gasteiger partial charge in [-0.15, -0.1) is 11.3 Å². The van der Waals surface area contributed by atoms with Crippen LogP contribution in [0.1, 0.15) is 29.1 Å². The summed E-state index contributed by atoms with van der Waals surface area (Å²) in [6.07, 6.45) is 2.47. The van der Waals surface area contributed by atoms with Gasteiger partial charge in [0.2, 0.25) is 15.8 Å². The van der Waals surface area contributed by atoms with Crippen LogP contribution in [0, 0.1) is 0 Å². The van der Waals surface area contributed by atoms with Crippen molar-refractivity contribution < 1.29 is 17.7 Å². The van der Waals surface area contributed by atoms with E-state index in [2.05, 4.69) is 14.9 Å². The molecule has 1 aliphatic rings. The summed E-state index contributed by atoms with van der Waals surface area (Å²) in [5.74, 6) is -0.182. The Morgan fingerprint density at radius 2 is 1.97 bits per heavy atom. The number of hydrogen-bond acceptors (Lipinski definition) is 7. The largest absolute Gasteiger partial charge is 0.334 e. The average Bonchev–Trinajstić information content (AvgIpc) is 3.49. The summed E-state index contributed by atoms with van der Waals surface area (Å²) in [5.41, 5.74) is 1.47. The molecule has 158 valence electrons. The molecule has 0 saturated carbocycles. The Hall–Kier alpha value is -2.27. The number of thiophene rings is 1. The minimum absolute atomic E-state index is 0.0800. The number of carbonyl (C=O) groups is 1. The van der Waals surface area contributed by atoms with Gasteiger partial charge in [-0.25, -0.2) is 13.1 Å². The Bertz CT molecular complexity index is 1140. The van der Waals surface area contributed by atoms with Crippen molar-refractivity contribution in [2.75, 3.05) is 19.6 Å². The quantitative estimate of drug-likeness (QED) is 0.573. The van der Waals surface area contributed by atoms with Gasteiger partial charge in [0.15, 0.2) is 0 Å². The first-order valence-electron chi connectivity index (χ1n) is 9.38. The van der Waals surface area contributed by atoms with Crippen LogP contribution in [0.15, 0.2) is 44.4 Å². The van der Waals surface area contributed by atoms with Crippen LogP contribution < -0.4 is 4.72 Å². The fourth-order valence-corrected chi connectivity index (χ4v) is 5.47. The number of benzene rings is 1. The zero-order chi connectivity index (χ0) is 21.1. The number of hydrogen-bond donors (Lipinski definition) is 1. The van der Waals surface area contributed by atoms with Crippen LogP contribution in [0.4, 0.5) is 0 Å². The lowest BCUT2D eigenvalue weighted by Gasteiger charge is -2.10. The summed E-state index contributed by atoms with van der Waals surface area (Å²) in [4.78, 5) is 18.1. The van der Waals surface area contributed by atoms with Gasteiger partial charge in [-0.05, 0) is 43.0 Å². The second-order valence-electron chi connectivity index (χ2n) is 6.85. The van der Waals surface area contributed by atoms with Crippen molar-refractivity contribution in [3.63, 3.8) is 0 Å². The molecule has 1 aliphatic heterocycles.